The molecule has 1 amide bonds. The minimum Gasteiger partial charge on any atom is -0.358 e. The summed E-state index contributed by atoms with van der Waals surface area (Å²) in [5, 5.41) is 6.30. The number of rotatable bonds is 6. The Kier molecular flexibility index (Phi) is 5.61. The highest BCUT2D eigenvalue weighted by Gasteiger charge is 2.19. The van der Waals surface area contributed by atoms with Crippen LogP contribution in [0.2, 0.25) is 0 Å². The van der Waals surface area contributed by atoms with Crippen LogP contribution in [0.15, 0.2) is 18.5 Å². The quantitative estimate of drug-likeness (QED) is 0.809. The minimum absolute atomic E-state index is 0.109. The molecule has 0 radical (unpaired) electrons. The highest BCUT2D eigenvalue weighted by atomic mass is 16.1. The normalized spacial score (nSPS) is 17.3. The largest absolute Gasteiger partial charge is 0.358 e. The Morgan fingerprint density at radius 3 is 2.75 bits per heavy atom. The van der Waals surface area contributed by atoms with Gasteiger partial charge in [0.15, 0.2) is 0 Å². The lowest BCUT2D eigenvalue weighted by Crippen LogP contribution is -2.45. The molecule has 5 heteroatoms. The van der Waals surface area contributed by atoms with Gasteiger partial charge in [-0.05, 0) is 31.4 Å². The Morgan fingerprint density at radius 1 is 1.40 bits per heavy atom. The zero-order valence-electron chi connectivity index (χ0n) is 12.6. The molecular formula is C15H26N4O. The van der Waals surface area contributed by atoms with Gasteiger partial charge in [-0.3, -0.25) is 9.69 Å². The number of likely N-dealkylation sites (tertiary alicyclic amines) is 1. The number of nitrogens with zero attached hydrogens (tertiary/aromatic N) is 2. The molecule has 112 valence electrons. The predicted octanol–water partition coefficient (Wildman–Crippen LogP) is 0.808. The Labute approximate surface area is 121 Å². The van der Waals surface area contributed by atoms with Crippen LogP contribution in [0.25, 0.3) is 0 Å². The van der Waals surface area contributed by atoms with E-state index < -0.39 is 0 Å². The van der Waals surface area contributed by atoms with Gasteiger partial charge in [0.1, 0.15) is 0 Å². The average Bonchev–Trinajstić information content (AvgIpc) is 2.94. The molecule has 0 bridgehead atoms. The highest BCUT2D eigenvalue weighted by molar-refractivity contribution is 5.77. The molecule has 5 nitrogen and oxygen atoms in total. The molecule has 0 atom stereocenters. The van der Waals surface area contributed by atoms with Gasteiger partial charge in [0, 0.05) is 51.7 Å². The maximum absolute atomic E-state index is 11.3. The number of carbonyl (C=O) groups is 1. The Bertz CT molecular complexity index is 421. The first-order valence-electron chi connectivity index (χ1n) is 7.52. The smallest absolute Gasteiger partial charge is 0.233 e. The monoisotopic (exact) mass is 278 g/mol. The van der Waals surface area contributed by atoms with E-state index in [0.29, 0.717) is 12.6 Å². The number of amides is 1. The fraction of sp³-hybridized carbons (Fsp3) is 0.667. The molecule has 2 N–H and O–H groups in total. The fourth-order valence-corrected chi connectivity index (χ4v) is 2.63. The molecule has 2 heterocycles. The van der Waals surface area contributed by atoms with Crippen LogP contribution >= 0.6 is 0 Å². The lowest BCUT2D eigenvalue weighted by molar-refractivity contribution is -0.122. The molecule has 0 spiro atoms. The van der Waals surface area contributed by atoms with E-state index in [2.05, 4.69) is 45.5 Å². The van der Waals surface area contributed by atoms with E-state index in [9.17, 15) is 4.79 Å². The Morgan fingerprint density at radius 2 is 2.15 bits per heavy atom. The maximum atomic E-state index is 11.3. The predicted molar refractivity (Wildman–Crippen MR) is 80.5 cm³/mol. The number of hydrogen-bond donors (Lipinski definition) is 2. The number of likely N-dealkylation sites (N-methyl/N-ethyl adjacent to an activating group) is 1. The molecule has 2 rings (SSSR count). The first kappa shape index (κ1) is 15.1. The lowest BCUT2D eigenvalue weighted by atomic mass is 10.0. The average molecular weight is 278 g/mol. The van der Waals surface area contributed by atoms with Crippen molar-refractivity contribution in [3.63, 3.8) is 0 Å². The summed E-state index contributed by atoms with van der Waals surface area (Å²) in [5.41, 5.74) is 1.35. The third-order valence-electron chi connectivity index (χ3n) is 4.01. The van der Waals surface area contributed by atoms with E-state index in [4.69, 9.17) is 0 Å². The Balaban J connectivity index is 1.68. The molecule has 1 aromatic heterocycles. The fourth-order valence-electron chi connectivity index (χ4n) is 2.63. The molecule has 1 aliphatic rings. The second-order valence-corrected chi connectivity index (χ2v) is 5.45. The summed E-state index contributed by atoms with van der Waals surface area (Å²) in [6.45, 7) is 6.65. The van der Waals surface area contributed by atoms with Crippen LogP contribution < -0.4 is 10.6 Å². The van der Waals surface area contributed by atoms with Gasteiger partial charge in [-0.15, -0.1) is 0 Å². The van der Waals surface area contributed by atoms with E-state index in [0.717, 1.165) is 39.0 Å². The van der Waals surface area contributed by atoms with Crippen molar-refractivity contribution >= 4 is 5.91 Å². The first-order valence-corrected chi connectivity index (χ1v) is 7.52. The van der Waals surface area contributed by atoms with Crippen LogP contribution in [0.4, 0.5) is 0 Å². The minimum atomic E-state index is 0.109. The van der Waals surface area contributed by atoms with E-state index in [1.54, 1.807) is 7.05 Å². The number of piperidine rings is 1. The van der Waals surface area contributed by atoms with Gasteiger partial charge < -0.3 is 15.2 Å². The molecule has 0 aromatic carbocycles. The summed E-state index contributed by atoms with van der Waals surface area (Å²) in [6.07, 6.45) is 6.56. The van der Waals surface area contributed by atoms with Crippen LogP contribution in [0.1, 0.15) is 25.3 Å². The SMILES string of the molecule is CCn1ccc(CNC2CCN(CC(=O)NC)CC2)c1. The van der Waals surface area contributed by atoms with Crippen molar-refractivity contribution in [1.29, 1.82) is 0 Å². The van der Waals surface area contributed by atoms with Crippen LogP contribution in [0.5, 0.6) is 0 Å². The number of aryl methyl sites for hydroxylation is 1. The number of aromatic nitrogens is 1. The van der Waals surface area contributed by atoms with Crippen molar-refractivity contribution in [3.8, 4) is 0 Å². The molecule has 0 aliphatic carbocycles. The van der Waals surface area contributed by atoms with Crippen molar-refractivity contribution in [1.82, 2.24) is 20.1 Å². The summed E-state index contributed by atoms with van der Waals surface area (Å²) in [7, 11) is 1.69. The van der Waals surface area contributed by atoms with Gasteiger partial charge in [0.2, 0.25) is 5.91 Å². The van der Waals surface area contributed by atoms with Gasteiger partial charge in [0.05, 0.1) is 6.54 Å². The lowest BCUT2D eigenvalue weighted by Gasteiger charge is -2.31. The first-order chi connectivity index (χ1) is 9.71. The van der Waals surface area contributed by atoms with Crippen LogP contribution in [0.3, 0.4) is 0 Å². The second-order valence-electron chi connectivity index (χ2n) is 5.45. The van der Waals surface area contributed by atoms with Crippen molar-refractivity contribution in [3.05, 3.63) is 24.0 Å². The summed E-state index contributed by atoms with van der Waals surface area (Å²) in [5.74, 6) is 0.109. The maximum Gasteiger partial charge on any atom is 0.233 e. The third kappa shape index (κ3) is 4.35. The molecule has 0 unspecified atom stereocenters. The topological polar surface area (TPSA) is 49.3 Å². The van der Waals surface area contributed by atoms with E-state index in [1.165, 1.54) is 5.56 Å². The van der Waals surface area contributed by atoms with Crippen LogP contribution in [-0.4, -0.2) is 48.1 Å². The third-order valence-corrected chi connectivity index (χ3v) is 4.01. The molecule has 1 fully saturated rings. The van der Waals surface area contributed by atoms with Crippen molar-refractivity contribution < 1.29 is 4.79 Å². The zero-order chi connectivity index (χ0) is 14.4. The van der Waals surface area contributed by atoms with Gasteiger partial charge in [-0.1, -0.05) is 0 Å². The number of carbonyl (C=O) groups excluding carboxylic acids is 1. The summed E-state index contributed by atoms with van der Waals surface area (Å²) in [4.78, 5) is 13.6. The molecule has 1 aliphatic heterocycles. The van der Waals surface area contributed by atoms with Gasteiger partial charge in [-0.2, -0.15) is 0 Å². The van der Waals surface area contributed by atoms with E-state index in [-0.39, 0.29) is 5.91 Å². The summed E-state index contributed by atoms with van der Waals surface area (Å²) >= 11 is 0. The van der Waals surface area contributed by atoms with Crippen molar-refractivity contribution in [2.45, 2.75) is 38.9 Å². The van der Waals surface area contributed by atoms with E-state index >= 15 is 0 Å². The van der Waals surface area contributed by atoms with E-state index in [1.807, 2.05) is 0 Å². The molecule has 20 heavy (non-hydrogen) atoms. The van der Waals surface area contributed by atoms with Crippen LogP contribution in [0, 0.1) is 0 Å². The van der Waals surface area contributed by atoms with Gasteiger partial charge in [-0.25, -0.2) is 0 Å². The standard InChI is InChI=1S/C15H26N4O/c1-3-18-7-4-13(11-18)10-17-14-5-8-19(9-6-14)12-15(20)16-2/h4,7,11,14,17H,3,5-6,8-10,12H2,1-2H3,(H,16,20). The van der Waals surface area contributed by atoms with Crippen molar-refractivity contribution in [2.75, 3.05) is 26.7 Å². The van der Waals surface area contributed by atoms with Crippen molar-refractivity contribution in [2.24, 2.45) is 0 Å². The van der Waals surface area contributed by atoms with Crippen LogP contribution in [-0.2, 0) is 17.9 Å². The molecular weight excluding hydrogens is 252 g/mol. The summed E-state index contributed by atoms with van der Waals surface area (Å²) < 4.78 is 2.20. The Hall–Kier alpha value is -1.33. The van der Waals surface area contributed by atoms with Gasteiger partial charge in [0.25, 0.3) is 0 Å². The summed E-state index contributed by atoms with van der Waals surface area (Å²) in [6, 6.07) is 2.75. The highest BCUT2D eigenvalue weighted by Crippen LogP contribution is 2.11. The molecule has 1 aromatic rings. The number of hydrogen-bond acceptors (Lipinski definition) is 3. The molecule has 0 saturated carbocycles. The second kappa shape index (κ2) is 7.45. The number of nitrogens with one attached hydrogen (secondary N) is 2. The molecule has 1 saturated heterocycles. The zero-order valence-corrected chi connectivity index (χ0v) is 12.6. The van der Waals surface area contributed by atoms with Gasteiger partial charge >= 0.3 is 0 Å².